The van der Waals surface area contributed by atoms with Gasteiger partial charge >= 0.3 is 0 Å². The van der Waals surface area contributed by atoms with E-state index in [9.17, 15) is 4.79 Å². The molecule has 5 heteroatoms. The molecule has 1 amide bonds. The maximum atomic E-state index is 12.8. The summed E-state index contributed by atoms with van der Waals surface area (Å²) in [5.74, 6) is 0.116. The lowest BCUT2D eigenvalue weighted by Gasteiger charge is -2.27. The van der Waals surface area contributed by atoms with Gasteiger partial charge in [0.2, 0.25) is 0 Å². The highest BCUT2D eigenvalue weighted by atomic mass is 16.2. The molecule has 0 N–H and O–H groups in total. The van der Waals surface area contributed by atoms with Gasteiger partial charge in [0, 0.05) is 50.2 Å². The molecular weight excluding hydrogens is 312 g/mol. The first kappa shape index (κ1) is 16.3. The molecule has 0 spiro atoms. The molecule has 1 aromatic carbocycles. The van der Waals surface area contributed by atoms with E-state index in [-0.39, 0.29) is 5.91 Å². The maximum absolute atomic E-state index is 12.8. The van der Waals surface area contributed by atoms with Gasteiger partial charge in [-0.15, -0.1) is 0 Å². The summed E-state index contributed by atoms with van der Waals surface area (Å²) < 4.78 is 1.80. The second kappa shape index (κ2) is 7.00. The van der Waals surface area contributed by atoms with Gasteiger partial charge in [-0.05, 0) is 49.6 Å². The van der Waals surface area contributed by atoms with E-state index in [1.165, 1.54) is 25.7 Å². The Hall–Kier alpha value is -2.14. The zero-order valence-corrected chi connectivity index (χ0v) is 14.8. The topological polar surface area (TPSA) is 41.4 Å². The van der Waals surface area contributed by atoms with Crippen molar-refractivity contribution in [1.82, 2.24) is 19.6 Å². The van der Waals surface area contributed by atoms with Crippen molar-refractivity contribution in [2.24, 2.45) is 0 Å². The van der Waals surface area contributed by atoms with Crippen LogP contribution in [0.25, 0.3) is 5.69 Å². The number of likely N-dealkylation sites (tertiary alicyclic amines) is 1. The predicted octanol–water partition coefficient (Wildman–Crippen LogP) is 2.96. The average molecular weight is 338 g/mol. The van der Waals surface area contributed by atoms with E-state index < -0.39 is 0 Å². The molecule has 1 aromatic heterocycles. The van der Waals surface area contributed by atoms with Crippen LogP contribution in [-0.4, -0.2) is 57.7 Å². The zero-order chi connectivity index (χ0) is 17.2. The molecular formula is C20H26N4O. The molecule has 0 unspecified atom stereocenters. The molecule has 4 rings (SSSR count). The standard InChI is InChI=1S/C20H26N4O/c1-22(19-11-14-23(15-19)17-5-2-3-6-17)20(25)16-7-9-18(10-8-16)24-13-4-12-21-24/h4,7-10,12-13,17,19H,2-3,5-6,11,14-15H2,1H3/t19-/m1/s1. The predicted molar refractivity (Wildman–Crippen MR) is 97.9 cm³/mol. The summed E-state index contributed by atoms with van der Waals surface area (Å²) in [6, 6.07) is 10.7. The number of amides is 1. The third kappa shape index (κ3) is 3.33. The van der Waals surface area contributed by atoms with Crippen molar-refractivity contribution in [1.29, 1.82) is 0 Å². The van der Waals surface area contributed by atoms with Crippen molar-refractivity contribution in [3.8, 4) is 5.69 Å². The monoisotopic (exact) mass is 338 g/mol. The van der Waals surface area contributed by atoms with Crippen LogP contribution in [-0.2, 0) is 0 Å². The van der Waals surface area contributed by atoms with Gasteiger partial charge in [0.1, 0.15) is 0 Å². The van der Waals surface area contributed by atoms with Crippen molar-refractivity contribution in [2.75, 3.05) is 20.1 Å². The van der Waals surface area contributed by atoms with Crippen molar-refractivity contribution < 1.29 is 4.79 Å². The lowest BCUT2D eigenvalue weighted by atomic mass is 10.1. The number of nitrogens with zero attached hydrogens (tertiary/aromatic N) is 4. The lowest BCUT2D eigenvalue weighted by Crippen LogP contribution is -2.40. The molecule has 0 radical (unpaired) electrons. The number of hydrogen-bond acceptors (Lipinski definition) is 3. The number of carbonyl (C=O) groups is 1. The molecule has 1 saturated heterocycles. The molecule has 2 aliphatic rings. The van der Waals surface area contributed by atoms with Crippen LogP contribution >= 0.6 is 0 Å². The average Bonchev–Trinajstić information content (AvgIpc) is 3.42. The minimum absolute atomic E-state index is 0.116. The molecule has 1 aliphatic heterocycles. The van der Waals surface area contributed by atoms with Gasteiger partial charge in [-0.1, -0.05) is 12.8 Å². The van der Waals surface area contributed by atoms with Crippen molar-refractivity contribution >= 4 is 5.91 Å². The Morgan fingerprint density at radius 1 is 1.16 bits per heavy atom. The maximum Gasteiger partial charge on any atom is 0.253 e. The van der Waals surface area contributed by atoms with Crippen LogP contribution in [0.3, 0.4) is 0 Å². The molecule has 1 saturated carbocycles. The van der Waals surface area contributed by atoms with Crippen LogP contribution in [0.2, 0.25) is 0 Å². The van der Waals surface area contributed by atoms with Crippen LogP contribution in [0.5, 0.6) is 0 Å². The number of rotatable bonds is 4. The highest BCUT2D eigenvalue weighted by Crippen LogP contribution is 2.28. The largest absolute Gasteiger partial charge is 0.337 e. The minimum Gasteiger partial charge on any atom is -0.337 e. The van der Waals surface area contributed by atoms with E-state index in [4.69, 9.17) is 0 Å². The first-order chi connectivity index (χ1) is 12.2. The molecule has 1 aliphatic carbocycles. The van der Waals surface area contributed by atoms with E-state index >= 15 is 0 Å². The summed E-state index contributed by atoms with van der Waals surface area (Å²) in [6.07, 6.45) is 10.1. The smallest absolute Gasteiger partial charge is 0.253 e. The number of aromatic nitrogens is 2. The van der Waals surface area contributed by atoms with Gasteiger partial charge in [-0.2, -0.15) is 5.10 Å². The molecule has 2 aromatic rings. The number of benzene rings is 1. The molecule has 2 heterocycles. The number of carbonyl (C=O) groups excluding carboxylic acids is 1. The number of hydrogen-bond donors (Lipinski definition) is 0. The van der Waals surface area contributed by atoms with Gasteiger partial charge < -0.3 is 4.90 Å². The minimum atomic E-state index is 0.116. The second-order valence-corrected chi connectivity index (χ2v) is 7.29. The zero-order valence-electron chi connectivity index (χ0n) is 14.8. The van der Waals surface area contributed by atoms with Crippen LogP contribution in [0.4, 0.5) is 0 Å². The van der Waals surface area contributed by atoms with Gasteiger partial charge in [0.05, 0.1) is 5.69 Å². The summed E-state index contributed by atoms with van der Waals surface area (Å²) in [5, 5.41) is 4.22. The molecule has 132 valence electrons. The molecule has 25 heavy (non-hydrogen) atoms. The summed E-state index contributed by atoms with van der Waals surface area (Å²) in [6.45, 7) is 2.16. The fourth-order valence-electron chi connectivity index (χ4n) is 4.23. The highest BCUT2D eigenvalue weighted by Gasteiger charge is 2.33. The van der Waals surface area contributed by atoms with Crippen molar-refractivity contribution in [2.45, 2.75) is 44.2 Å². The van der Waals surface area contributed by atoms with Crippen LogP contribution in [0.15, 0.2) is 42.7 Å². The Kier molecular flexibility index (Phi) is 4.57. The van der Waals surface area contributed by atoms with E-state index in [1.807, 2.05) is 48.5 Å². The third-order valence-corrected chi connectivity index (χ3v) is 5.79. The lowest BCUT2D eigenvalue weighted by molar-refractivity contribution is 0.0730. The van der Waals surface area contributed by atoms with Crippen LogP contribution < -0.4 is 0 Å². The van der Waals surface area contributed by atoms with E-state index in [1.54, 1.807) is 10.9 Å². The Morgan fingerprint density at radius 3 is 2.60 bits per heavy atom. The number of likely N-dealkylation sites (N-methyl/N-ethyl adjacent to an activating group) is 1. The Bertz CT molecular complexity index is 704. The summed E-state index contributed by atoms with van der Waals surface area (Å²) in [5.41, 5.74) is 1.72. The summed E-state index contributed by atoms with van der Waals surface area (Å²) in [4.78, 5) is 17.4. The molecule has 0 bridgehead atoms. The van der Waals surface area contributed by atoms with Crippen molar-refractivity contribution in [3.63, 3.8) is 0 Å². The SMILES string of the molecule is CN(C(=O)c1ccc(-n2cccn2)cc1)[C@@H]1CCN(C2CCCC2)C1. The van der Waals surface area contributed by atoms with Gasteiger partial charge in [-0.25, -0.2) is 4.68 Å². The third-order valence-electron chi connectivity index (χ3n) is 5.79. The van der Waals surface area contributed by atoms with E-state index in [0.717, 1.165) is 36.8 Å². The first-order valence-electron chi connectivity index (χ1n) is 9.33. The van der Waals surface area contributed by atoms with Gasteiger partial charge in [0.25, 0.3) is 5.91 Å². The summed E-state index contributed by atoms with van der Waals surface area (Å²) >= 11 is 0. The van der Waals surface area contributed by atoms with Crippen molar-refractivity contribution in [3.05, 3.63) is 48.3 Å². The Balaban J connectivity index is 1.40. The molecule has 5 nitrogen and oxygen atoms in total. The highest BCUT2D eigenvalue weighted by molar-refractivity contribution is 5.94. The van der Waals surface area contributed by atoms with E-state index in [2.05, 4.69) is 10.00 Å². The fraction of sp³-hybridized carbons (Fsp3) is 0.500. The van der Waals surface area contributed by atoms with Gasteiger partial charge in [0.15, 0.2) is 0 Å². The van der Waals surface area contributed by atoms with Crippen LogP contribution in [0.1, 0.15) is 42.5 Å². The molecule has 2 fully saturated rings. The first-order valence-corrected chi connectivity index (χ1v) is 9.33. The fourth-order valence-corrected chi connectivity index (χ4v) is 4.23. The summed E-state index contributed by atoms with van der Waals surface area (Å²) in [7, 11) is 1.95. The normalized spacial score (nSPS) is 21.7. The van der Waals surface area contributed by atoms with E-state index in [0.29, 0.717) is 6.04 Å². The molecule has 1 atom stereocenters. The van der Waals surface area contributed by atoms with Gasteiger partial charge in [-0.3, -0.25) is 9.69 Å². The quantitative estimate of drug-likeness (QED) is 0.861. The Morgan fingerprint density at radius 2 is 1.92 bits per heavy atom. The second-order valence-electron chi connectivity index (χ2n) is 7.29. The van der Waals surface area contributed by atoms with Crippen LogP contribution in [0, 0.1) is 0 Å². The Labute approximate surface area is 149 Å².